The second-order valence-corrected chi connectivity index (χ2v) is 6.52. The van der Waals surface area contributed by atoms with Crippen LogP contribution in [0.15, 0.2) is 40.9 Å². The Bertz CT molecular complexity index is 655. The number of aryl methyl sites for hydroxylation is 3. The topological polar surface area (TPSA) is 35.5 Å². The second kappa shape index (κ2) is 8.16. The van der Waals surface area contributed by atoms with E-state index in [4.69, 9.17) is 9.47 Å². The summed E-state index contributed by atoms with van der Waals surface area (Å²) in [7, 11) is 0. The summed E-state index contributed by atoms with van der Waals surface area (Å²) in [6, 6.07) is 11.8. The number of hydrogen-bond donors (Lipinski definition) is 0. The van der Waals surface area contributed by atoms with Crippen molar-refractivity contribution in [3.63, 3.8) is 0 Å². The standard InChI is InChI=1S/C19H21BrO3/c1-13-6-8-17(9-7-13)22-10-4-5-18(21)23-19-14(2)11-16(20)12-15(19)3/h6-9,11-12H,4-5,10H2,1-3H3. The molecule has 0 fully saturated rings. The molecule has 2 rings (SSSR count). The first-order valence-corrected chi connectivity index (χ1v) is 8.42. The molecule has 0 aliphatic carbocycles. The third kappa shape index (κ3) is 5.39. The molecule has 0 aliphatic rings. The van der Waals surface area contributed by atoms with Crippen molar-refractivity contribution in [1.82, 2.24) is 0 Å². The minimum Gasteiger partial charge on any atom is -0.494 e. The molecule has 0 saturated carbocycles. The van der Waals surface area contributed by atoms with Gasteiger partial charge in [0.2, 0.25) is 0 Å². The third-order valence-electron chi connectivity index (χ3n) is 3.46. The summed E-state index contributed by atoms with van der Waals surface area (Å²) in [6.07, 6.45) is 0.960. The molecule has 2 aromatic carbocycles. The maximum Gasteiger partial charge on any atom is 0.311 e. The van der Waals surface area contributed by atoms with Crippen LogP contribution in [-0.4, -0.2) is 12.6 Å². The van der Waals surface area contributed by atoms with Crippen molar-refractivity contribution in [1.29, 1.82) is 0 Å². The lowest BCUT2D eigenvalue weighted by Crippen LogP contribution is -2.11. The molecule has 23 heavy (non-hydrogen) atoms. The molecule has 0 radical (unpaired) electrons. The van der Waals surface area contributed by atoms with Crippen LogP contribution < -0.4 is 9.47 Å². The average Bonchev–Trinajstić information content (AvgIpc) is 2.49. The zero-order valence-electron chi connectivity index (χ0n) is 13.7. The van der Waals surface area contributed by atoms with E-state index in [0.717, 1.165) is 21.3 Å². The molecule has 0 heterocycles. The molecule has 2 aromatic rings. The van der Waals surface area contributed by atoms with Crippen molar-refractivity contribution in [2.24, 2.45) is 0 Å². The monoisotopic (exact) mass is 376 g/mol. The van der Waals surface area contributed by atoms with Gasteiger partial charge in [-0.1, -0.05) is 33.6 Å². The van der Waals surface area contributed by atoms with Crippen molar-refractivity contribution in [2.45, 2.75) is 33.6 Å². The second-order valence-electron chi connectivity index (χ2n) is 5.61. The van der Waals surface area contributed by atoms with Gasteiger partial charge in [0, 0.05) is 10.9 Å². The Balaban J connectivity index is 1.78. The van der Waals surface area contributed by atoms with Crippen LogP contribution in [0.2, 0.25) is 0 Å². The highest BCUT2D eigenvalue weighted by Gasteiger charge is 2.11. The zero-order chi connectivity index (χ0) is 16.8. The maximum atomic E-state index is 12.0. The van der Waals surface area contributed by atoms with Gasteiger partial charge in [0.15, 0.2) is 0 Å². The molecule has 0 unspecified atom stereocenters. The van der Waals surface area contributed by atoms with Crippen LogP contribution in [0.5, 0.6) is 11.5 Å². The molecular weight excluding hydrogens is 356 g/mol. The summed E-state index contributed by atoms with van der Waals surface area (Å²) in [4.78, 5) is 12.0. The van der Waals surface area contributed by atoms with Gasteiger partial charge in [-0.3, -0.25) is 4.79 Å². The van der Waals surface area contributed by atoms with Gasteiger partial charge in [0.1, 0.15) is 11.5 Å². The molecule has 0 amide bonds. The van der Waals surface area contributed by atoms with E-state index >= 15 is 0 Å². The van der Waals surface area contributed by atoms with Gasteiger partial charge in [-0.05, 0) is 62.6 Å². The van der Waals surface area contributed by atoms with Gasteiger partial charge in [0.25, 0.3) is 0 Å². The Labute approximate surface area is 145 Å². The molecule has 3 nitrogen and oxygen atoms in total. The van der Waals surface area contributed by atoms with Crippen LogP contribution in [-0.2, 0) is 4.79 Å². The van der Waals surface area contributed by atoms with Crippen molar-refractivity contribution in [2.75, 3.05) is 6.61 Å². The SMILES string of the molecule is Cc1ccc(OCCCC(=O)Oc2c(C)cc(Br)cc2C)cc1. The predicted octanol–water partition coefficient (Wildman–Crippen LogP) is 5.14. The van der Waals surface area contributed by atoms with Crippen molar-refractivity contribution in [3.05, 3.63) is 57.6 Å². The van der Waals surface area contributed by atoms with E-state index < -0.39 is 0 Å². The summed E-state index contributed by atoms with van der Waals surface area (Å²) >= 11 is 3.43. The smallest absolute Gasteiger partial charge is 0.311 e. The maximum absolute atomic E-state index is 12.0. The highest BCUT2D eigenvalue weighted by Crippen LogP contribution is 2.27. The Morgan fingerprint density at radius 2 is 1.65 bits per heavy atom. The number of ether oxygens (including phenoxy) is 2. The molecule has 0 aromatic heterocycles. The van der Waals surface area contributed by atoms with Gasteiger partial charge in [-0.2, -0.15) is 0 Å². The van der Waals surface area contributed by atoms with Gasteiger partial charge in [0.05, 0.1) is 6.61 Å². The van der Waals surface area contributed by atoms with Gasteiger partial charge in [-0.25, -0.2) is 0 Å². The van der Waals surface area contributed by atoms with Gasteiger partial charge >= 0.3 is 5.97 Å². The summed E-state index contributed by atoms with van der Waals surface area (Å²) in [5, 5.41) is 0. The highest BCUT2D eigenvalue weighted by molar-refractivity contribution is 9.10. The van der Waals surface area contributed by atoms with Crippen LogP contribution in [0.25, 0.3) is 0 Å². The average molecular weight is 377 g/mol. The number of hydrogen-bond acceptors (Lipinski definition) is 3. The Kier molecular flexibility index (Phi) is 6.22. The zero-order valence-corrected chi connectivity index (χ0v) is 15.3. The first-order valence-electron chi connectivity index (χ1n) is 7.62. The lowest BCUT2D eigenvalue weighted by Gasteiger charge is -2.11. The fourth-order valence-electron chi connectivity index (χ4n) is 2.26. The third-order valence-corrected chi connectivity index (χ3v) is 3.91. The van der Waals surface area contributed by atoms with E-state index in [1.165, 1.54) is 5.56 Å². The summed E-state index contributed by atoms with van der Waals surface area (Å²) in [5.41, 5.74) is 3.09. The molecule has 4 heteroatoms. The lowest BCUT2D eigenvalue weighted by atomic mass is 10.1. The number of carbonyl (C=O) groups excluding carboxylic acids is 1. The van der Waals surface area contributed by atoms with E-state index in [-0.39, 0.29) is 5.97 Å². The summed E-state index contributed by atoms with van der Waals surface area (Å²) < 4.78 is 12.1. The van der Waals surface area contributed by atoms with E-state index in [2.05, 4.69) is 15.9 Å². The van der Waals surface area contributed by atoms with Crippen LogP contribution in [0.3, 0.4) is 0 Å². The molecule has 0 aliphatic heterocycles. The van der Waals surface area contributed by atoms with Crippen LogP contribution in [0.1, 0.15) is 29.5 Å². The Morgan fingerprint density at radius 3 is 2.26 bits per heavy atom. The normalized spacial score (nSPS) is 10.4. The van der Waals surface area contributed by atoms with Crippen LogP contribution >= 0.6 is 15.9 Å². The van der Waals surface area contributed by atoms with E-state index in [1.807, 2.05) is 57.2 Å². The van der Waals surface area contributed by atoms with Crippen molar-refractivity contribution in [3.8, 4) is 11.5 Å². The predicted molar refractivity (Wildman–Crippen MR) is 95.2 cm³/mol. The van der Waals surface area contributed by atoms with Gasteiger partial charge < -0.3 is 9.47 Å². The van der Waals surface area contributed by atoms with Gasteiger partial charge in [-0.15, -0.1) is 0 Å². The molecule has 0 N–H and O–H groups in total. The largest absolute Gasteiger partial charge is 0.494 e. The number of benzene rings is 2. The molecule has 0 spiro atoms. The van der Waals surface area contributed by atoms with Crippen LogP contribution in [0, 0.1) is 20.8 Å². The summed E-state index contributed by atoms with van der Waals surface area (Å²) in [6.45, 7) is 6.39. The number of rotatable bonds is 6. The number of halogens is 1. The molecule has 0 saturated heterocycles. The van der Waals surface area contributed by atoms with E-state index in [0.29, 0.717) is 25.2 Å². The van der Waals surface area contributed by atoms with E-state index in [1.54, 1.807) is 0 Å². The Morgan fingerprint density at radius 1 is 1.04 bits per heavy atom. The Hall–Kier alpha value is -1.81. The lowest BCUT2D eigenvalue weighted by molar-refractivity contribution is -0.134. The molecular formula is C19H21BrO3. The van der Waals surface area contributed by atoms with Crippen molar-refractivity contribution < 1.29 is 14.3 Å². The molecule has 122 valence electrons. The molecule has 0 atom stereocenters. The first-order chi connectivity index (χ1) is 11.0. The fourth-order valence-corrected chi connectivity index (χ4v) is 2.95. The molecule has 0 bridgehead atoms. The van der Waals surface area contributed by atoms with E-state index in [9.17, 15) is 4.79 Å². The fraction of sp³-hybridized carbons (Fsp3) is 0.316. The highest BCUT2D eigenvalue weighted by atomic mass is 79.9. The summed E-state index contributed by atoms with van der Waals surface area (Å²) in [5.74, 6) is 1.24. The minimum atomic E-state index is -0.231. The number of esters is 1. The number of carbonyl (C=O) groups is 1. The quantitative estimate of drug-likeness (QED) is 0.397. The van der Waals surface area contributed by atoms with Crippen molar-refractivity contribution >= 4 is 21.9 Å². The minimum absolute atomic E-state index is 0.231. The first kappa shape index (κ1) is 17.5. The van der Waals surface area contributed by atoms with Crippen LogP contribution in [0.4, 0.5) is 0 Å².